The van der Waals surface area contributed by atoms with Crippen LogP contribution in [0.25, 0.3) is 0 Å². The average Bonchev–Trinajstić information content (AvgIpc) is 2.99. The number of hydrogen-bond acceptors (Lipinski definition) is 6. The Kier molecular flexibility index (Phi) is 4.51. The van der Waals surface area contributed by atoms with Gasteiger partial charge in [-0.1, -0.05) is 24.6 Å². The predicted octanol–water partition coefficient (Wildman–Crippen LogP) is 3.95. The highest BCUT2D eigenvalue weighted by Gasteiger charge is 2.62. The van der Waals surface area contributed by atoms with Crippen molar-refractivity contribution in [1.29, 1.82) is 0 Å². The molecular formula is C21H22ClNO5. The summed E-state index contributed by atoms with van der Waals surface area (Å²) in [5.41, 5.74) is 1.78. The van der Waals surface area contributed by atoms with E-state index in [9.17, 15) is 4.79 Å². The summed E-state index contributed by atoms with van der Waals surface area (Å²) in [7, 11) is 4.58. The third kappa shape index (κ3) is 2.37. The molecule has 1 spiro atoms. The minimum absolute atomic E-state index is 0.189. The normalized spacial score (nSPS) is 25.3. The number of nitrogens with zero attached hydrogens (tertiary/aromatic N) is 1. The third-order valence-electron chi connectivity index (χ3n) is 5.73. The molecule has 0 amide bonds. The Hall–Kier alpha value is -2.31. The van der Waals surface area contributed by atoms with Crippen LogP contribution in [-0.4, -0.2) is 37.7 Å². The lowest BCUT2D eigenvalue weighted by atomic mass is 9.70. The van der Waals surface area contributed by atoms with Crippen LogP contribution in [0.5, 0.6) is 17.2 Å². The zero-order chi connectivity index (χ0) is 20.2. The van der Waals surface area contributed by atoms with E-state index in [1.807, 2.05) is 26.0 Å². The SMILES string of the molecule is COc1cc(OC)c2c(c1Cl)O[C@]1(C2=O)C(OC)c2ccc(C)nc2C[C@H]1C. The molecule has 1 aliphatic carbocycles. The number of hydrogen-bond donors (Lipinski definition) is 0. The Morgan fingerprint density at radius 2 is 1.93 bits per heavy atom. The number of rotatable bonds is 3. The van der Waals surface area contributed by atoms with Gasteiger partial charge in [-0.25, -0.2) is 0 Å². The number of carbonyl (C=O) groups is 1. The molecule has 1 aromatic heterocycles. The first kappa shape index (κ1) is 19.0. The lowest BCUT2D eigenvalue weighted by Crippen LogP contribution is -2.55. The molecule has 0 saturated heterocycles. The number of ether oxygens (including phenoxy) is 4. The highest BCUT2D eigenvalue weighted by atomic mass is 35.5. The standard InChI is InChI=1S/C21H22ClNO5/c1-10-8-13-12(7-6-11(2)23-13)20(27-5)21(10)19(24)16-14(25-3)9-15(26-4)17(22)18(16)28-21/h6-7,9-10,20H,8H2,1-5H3/t10-,20?,21-/m1/s1. The van der Waals surface area contributed by atoms with Crippen LogP contribution in [0.2, 0.25) is 5.02 Å². The number of Topliss-reactive ketones (excluding diaryl/α,β-unsaturated/α-hetero) is 1. The summed E-state index contributed by atoms with van der Waals surface area (Å²) in [5.74, 6) is 0.644. The maximum atomic E-state index is 13.8. The molecule has 0 saturated carbocycles. The molecule has 2 heterocycles. The van der Waals surface area contributed by atoms with Crippen molar-refractivity contribution in [3.05, 3.63) is 45.7 Å². The third-order valence-corrected chi connectivity index (χ3v) is 6.09. The van der Waals surface area contributed by atoms with E-state index >= 15 is 0 Å². The van der Waals surface area contributed by atoms with E-state index in [0.717, 1.165) is 17.0 Å². The zero-order valence-corrected chi connectivity index (χ0v) is 17.2. The first-order valence-corrected chi connectivity index (χ1v) is 9.44. The van der Waals surface area contributed by atoms with Crippen molar-refractivity contribution < 1.29 is 23.7 Å². The second kappa shape index (κ2) is 6.64. The fraction of sp³-hybridized carbons (Fsp3) is 0.429. The first-order valence-electron chi connectivity index (χ1n) is 9.06. The average molecular weight is 404 g/mol. The van der Waals surface area contributed by atoms with E-state index in [2.05, 4.69) is 4.98 Å². The van der Waals surface area contributed by atoms with Gasteiger partial charge in [0.25, 0.3) is 0 Å². The monoisotopic (exact) mass is 403 g/mol. The Labute approximate surface area is 168 Å². The fourth-order valence-electron chi connectivity index (χ4n) is 4.37. The lowest BCUT2D eigenvalue weighted by Gasteiger charge is -2.43. The van der Waals surface area contributed by atoms with Crippen molar-refractivity contribution in [2.24, 2.45) is 5.92 Å². The largest absolute Gasteiger partial charge is 0.496 e. The van der Waals surface area contributed by atoms with Gasteiger partial charge >= 0.3 is 0 Å². The van der Waals surface area contributed by atoms with E-state index in [-0.39, 0.29) is 22.5 Å². The predicted molar refractivity (Wildman–Crippen MR) is 104 cm³/mol. The van der Waals surface area contributed by atoms with E-state index < -0.39 is 11.7 Å². The van der Waals surface area contributed by atoms with Crippen molar-refractivity contribution in [3.63, 3.8) is 0 Å². The van der Waals surface area contributed by atoms with Crippen LogP contribution in [0.4, 0.5) is 0 Å². The number of methoxy groups -OCH3 is 3. The maximum Gasteiger partial charge on any atom is 0.217 e. The summed E-state index contributed by atoms with van der Waals surface area (Å²) in [6.45, 7) is 3.92. The maximum absolute atomic E-state index is 13.8. The van der Waals surface area contributed by atoms with Crippen LogP contribution in [-0.2, 0) is 11.2 Å². The molecule has 2 aromatic rings. The van der Waals surface area contributed by atoms with Crippen LogP contribution in [0.15, 0.2) is 18.2 Å². The van der Waals surface area contributed by atoms with Crippen LogP contribution < -0.4 is 14.2 Å². The van der Waals surface area contributed by atoms with Gasteiger partial charge in [-0.3, -0.25) is 9.78 Å². The van der Waals surface area contributed by atoms with Gasteiger partial charge < -0.3 is 18.9 Å². The van der Waals surface area contributed by atoms with Gasteiger partial charge in [-0.05, 0) is 19.4 Å². The Balaban J connectivity index is 1.93. The van der Waals surface area contributed by atoms with E-state index in [4.69, 9.17) is 30.5 Å². The van der Waals surface area contributed by atoms with E-state index in [1.165, 1.54) is 14.2 Å². The van der Waals surface area contributed by atoms with Gasteiger partial charge in [0, 0.05) is 36.0 Å². The molecule has 1 aromatic carbocycles. The summed E-state index contributed by atoms with van der Waals surface area (Å²) in [5, 5.41) is 0.249. The summed E-state index contributed by atoms with van der Waals surface area (Å²) in [4.78, 5) is 18.4. The molecule has 3 atom stereocenters. The second-order valence-corrected chi connectivity index (χ2v) is 7.61. The number of pyridine rings is 1. The quantitative estimate of drug-likeness (QED) is 0.772. The summed E-state index contributed by atoms with van der Waals surface area (Å²) < 4.78 is 23.0. The molecule has 7 heteroatoms. The Morgan fingerprint density at radius 1 is 1.21 bits per heavy atom. The first-order chi connectivity index (χ1) is 13.4. The van der Waals surface area contributed by atoms with Crippen molar-refractivity contribution in [2.45, 2.75) is 32.0 Å². The molecule has 4 rings (SSSR count). The second-order valence-electron chi connectivity index (χ2n) is 7.23. The molecule has 1 unspecified atom stereocenters. The number of fused-ring (bicyclic) bond motifs is 2. The minimum Gasteiger partial charge on any atom is -0.496 e. The van der Waals surface area contributed by atoms with Gasteiger partial charge in [0.15, 0.2) is 5.75 Å². The molecule has 2 aliphatic rings. The number of carbonyl (C=O) groups excluding carboxylic acids is 1. The molecule has 28 heavy (non-hydrogen) atoms. The van der Waals surface area contributed by atoms with Crippen molar-refractivity contribution in [1.82, 2.24) is 4.98 Å². The smallest absolute Gasteiger partial charge is 0.217 e. The fourth-order valence-corrected chi connectivity index (χ4v) is 4.64. The van der Waals surface area contributed by atoms with Gasteiger partial charge in [0.1, 0.15) is 28.2 Å². The highest BCUT2D eigenvalue weighted by Crippen LogP contribution is 2.57. The van der Waals surface area contributed by atoms with Crippen LogP contribution in [0.3, 0.4) is 0 Å². The number of aromatic nitrogens is 1. The van der Waals surface area contributed by atoms with Gasteiger partial charge in [0.05, 0.1) is 14.2 Å². The molecular weight excluding hydrogens is 382 g/mol. The highest BCUT2D eigenvalue weighted by molar-refractivity contribution is 6.35. The van der Waals surface area contributed by atoms with Gasteiger partial charge in [0.2, 0.25) is 11.4 Å². The molecule has 0 radical (unpaired) electrons. The zero-order valence-electron chi connectivity index (χ0n) is 16.5. The van der Waals surface area contributed by atoms with E-state index in [0.29, 0.717) is 23.5 Å². The lowest BCUT2D eigenvalue weighted by molar-refractivity contribution is -0.0829. The van der Waals surface area contributed by atoms with Gasteiger partial charge in [-0.2, -0.15) is 0 Å². The molecule has 0 fully saturated rings. The Bertz CT molecular complexity index is 976. The van der Waals surface area contributed by atoms with Gasteiger partial charge in [-0.15, -0.1) is 0 Å². The van der Waals surface area contributed by atoms with Crippen molar-refractivity contribution >= 4 is 17.4 Å². The number of benzene rings is 1. The van der Waals surface area contributed by atoms with Crippen molar-refractivity contribution in [3.8, 4) is 17.2 Å². The Morgan fingerprint density at radius 3 is 2.57 bits per heavy atom. The topological polar surface area (TPSA) is 66.9 Å². The molecule has 148 valence electrons. The molecule has 6 nitrogen and oxygen atoms in total. The van der Waals surface area contributed by atoms with Crippen LogP contribution in [0.1, 0.15) is 40.3 Å². The number of ketones is 1. The minimum atomic E-state index is -1.25. The van der Waals surface area contributed by atoms with Crippen molar-refractivity contribution in [2.75, 3.05) is 21.3 Å². The molecule has 0 bridgehead atoms. The molecule has 0 N–H and O–H groups in total. The summed E-state index contributed by atoms with van der Waals surface area (Å²) in [6, 6.07) is 5.48. The summed E-state index contributed by atoms with van der Waals surface area (Å²) >= 11 is 6.50. The van der Waals surface area contributed by atoms with Crippen LogP contribution in [0, 0.1) is 12.8 Å². The number of halogens is 1. The van der Waals surface area contributed by atoms with E-state index in [1.54, 1.807) is 13.2 Å². The summed E-state index contributed by atoms with van der Waals surface area (Å²) in [6.07, 6.45) is -0.0285. The van der Waals surface area contributed by atoms with Crippen LogP contribution >= 0.6 is 11.6 Å². The number of aryl methyl sites for hydroxylation is 1. The molecule has 1 aliphatic heterocycles.